The summed E-state index contributed by atoms with van der Waals surface area (Å²) in [4.78, 5) is 17.5. The molecule has 0 saturated heterocycles. The fraction of sp³-hybridized carbons (Fsp3) is 0.136. The minimum atomic E-state index is -0.483. The first kappa shape index (κ1) is 18.5. The third-order valence-electron chi connectivity index (χ3n) is 4.72. The standard InChI is InChI=1S/C22H19N3O4/c1-24(2)16-7-4-6-14(12-16)17-8-5-9-20-21(17)23-22(29-20)15-10-11-19(28-3)18(13-15)25(26)27/h4-13H,1-3H3. The van der Waals surface area contributed by atoms with Crippen molar-refractivity contribution in [3.05, 3.63) is 70.8 Å². The molecule has 0 bridgehead atoms. The van der Waals surface area contributed by atoms with Crippen LogP contribution in [0.15, 0.2) is 65.1 Å². The lowest BCUT2D eigenvalue weighted by molar-refractivity contribution is -0.385. The van der Waals surface area contributed by atoms with E-state index in [4.69, 9.17) is 9.15 Å². The quantitative estimate of drug-likeness (QED) is 0.347. The smallest absolute Gasteiger partial charge is 0.311 e. The molecule has 0 aliphatic rings. The van der Waals surface area contributed by atoms with Crippen LogP contribution in [0.4, 0.5) is 11.4 Å². The van der Waals surface area contributed by atoms with E-state index in [0.29, 0.717) is 22.6 Å². The number of oxazole rings is 1. The zero-order valence-electron chi connectivity index (χ0n) is 16.2. The number of fused-ring (bicyclic) bond motifs is 1. The molecule has 7 nitrogen and oxygen atoms in total. The Bertz CT molecular complexity index is 1210. The lowest BCUT2D eigenvalue weighted by Gasteiger charge is -2.13. The van der Waals surface area contributed by atoms with E-state index < -0.39 is 4.92 Å². The number of hydrogen-bond acceptors (Lipinski definition) is 6. The van der Waals surface area contributed by atoms with Crippen LogP contribution in [0.25, 0.3) is 33.7 Å². The molecule has 0 fully saturated rings. The number of ether oxygens (including phenoxy) is 1. The second-order valence-electron chi connectivity index (χ2n) is 6.76. The van der Waals surface area contributed by atoms with Crippen LogP contribution in [0, 0.1) is 10.1 Å². The van der Waals surface area contributed by atoms with Crippen LogP contribution in [0.3, 0.4) is 0 Å². The van der Waals surface area contributed by atoms with Gasteiger partial charge < -0.3 is 14.1 Å². The molecular weight excluding hydrogens is 370 g/mol. The molecule has 1 heterocycles. The highest BCUT2D eigenvalue weighted by Crippen LogP contribution is 2.36. The monoisotopic (exact) mass is 389 g/mol. The first-order valence-corrected chi connectivity index (χ1v) is 8.98. The van der Waals surface area contributed by atoms with Crippen LogP contribution in [-0.4, -0.2) is 31.1 Å². The number of methoxy groups -OCH3 is 1. The summed E-state index contributed by atoms with van der Waals surface area (Å²) in [6, 6.07) is 18.5. The maximum atomic E-state index is 11.3. The summed E-state index contributed by atoms with van der Waals surface area (Å²) in [6.07, 6.45) is 0. The molecule has 0 unspecified atom stereocenters. The van der Waals surface area contributed by atoms with Crippen molar-refractivity contribution < 1.29 is 14.1 Å². The number of nitrogens with zero attached hydrogens (tertiary/aromatic N) is 3. The van der Waals surface area contributed by atoms with E-state index in [0.717, 1.165) is 16.8 Å². The summed E-state index contributed by atoms with van der Waals surface area (Å²) in [5, 5.41) is 11.3. The van der Waals surface area contributed by atoms with Gasteiger partial charge in [-0.1, -0.05) is 24.3 Å². The summed E-state index contributed by atoms with van der Waals surface area (Å²) in [7, 11) is 5.38. The molecule has 0 aliphatic carbocycles. The van der Waals surface area contributed by atoms with Gasteiger partial charge in [0.1, 0.15) is 5.52 Å². The van der Waals surface area contributed by atoms with Crippen molar-refractivity contribution in [3.63, 3.8) is 0 Å². The van der Waals surface area contributed by atoms with E-state index in [2.05, 4.69) is 11.1 Å². The maximum absolute atomic E-state index is 11.3. The van der Waals surface area contributed by atoms with Crippen LogP contribution >= 0.6 is 0 Å². The van der Waals surface area contributed by atoms with Crippen molar-refractivity contribution in [2.75, 3.05) is 26.1 Å². The molecule has 0 saturated carbocycles. The van der Waals surface area contributed by atoms with Gasteiger partial charge in [-0.15, -0.1) is 0 Å². The van der Waals surface area contributed by atoms with Crippen LogP contribution in [0.5, 0.6) is 5.75 Å². The second-order valence-corrected chi connectivity index (χ2v) is 6.76. The number of nitro groups is 1. The van der Waals surface area contributed by atoms with Crippen LogP contribution in [-0.2, 0) is 0 Å². The molecule has 29 heavy (non-hydrogen) atoms. The second kappa shape index (κ2) is 7.27. The van der Waals surface area contributed by atoms with E-state index >= 15 is 0 Å². The Morgan fingerprint density at radius 3 is 2.55 bits per heavy atom. The molecule has 4 rings (SSSR count). The first-order valence-electron chi connectivity index (χ1n) is 8.98. The Morgan fingerprint density at radius 2 is 1.83 bits per heavy atom. The topological polar surface area (TPSA) is 81.6 Å². The van der Waals surface area contributed by atoms with Crippen molar-refractivity contribution in [2.45, 2.75) is 0 Å². The van der Waals surface area contributed by atoms with E-state index in [9.17, 15) is 10.1 Å². The number of benzene rings is 3. The van der Waals surface area contributed by atoms with Crippen molar-refractivity contribution >= 4 is 22.5 Å². The zero-order valence-corrected chi connectivity index (χ0v) is 16.2. The first-order chi connectivity index (χ1) is 14.0. The normalized spacial score (nSPS) is 10.9. The summed E-state index contributed by atoms with van der Waals surface area (Å²) in [5.41, 5.74) is 4.73. The number of rotatable bonds is 5. The molecule has 146 valence electrons. The predicted molar refractivity (Wildman–Crippen MR) is 112 cm³/mol. The molecule has 0 radical (unpaired) electrons. The van der Waals surface area contributed by atoms with Crippen molar-refractivity contribution in [3.8, 4) is 28.3 Å². The van der Waals surface area contributed by atoms with Gasteiger partial charge in [0, 0.05) is 37.0 Å². The number of aromatic nitrogens is 1. The third kappa shape index (κ3) is 3.38. The Balaban J connectivity index is 1.84. The van der Waals surface area contributed by atoms with Gasteiger partial charge in [-0.25, -0.2) is 4.98 Å². The molecule has 1 aromatic heterocycles. The zero-order chi connectivity index (χ0) is 20.5. The van der Waals surface area contributed by atoms with Crippen LogP contribution in [0.2, 0.25) is 0 Å². The van der Waals surface area contributed by atoms with E-state index in [1.54, 1.807) is 12.1 Å². The Labute approximate surface area is 167 Å². The molecule has 4 aromatic rings. The summed E-state index contributed by atoms with van der Waals surface area (Å²) < 4.78 is 11.0. The number of anilines is 1. The number of nitro benzene ring substituents is 1. The Morgan fingerprint density at radius 1 is 1.03 bits per heavy atom. The van der Waals surface area contributed by atoms with Crippen LogP contribution < -0.4 is 9.64 Å². The summed E-state index contributed by atoms with van der Waals surface area (Å²) in [5.74, 6) is 0.512. The maximum Gasteiger partial charge on any atom is 0.311 e. The molecule has 0 atom stereocenters. The van der Waals surface area contributed by atoms with Gasteiger partial charge in [0.25, 0.3) is 0 Å². The minimum Gasteiger partial charge on any atom is -0.490 e. The highest BCUT2D eigenvalue weighted by Gasteiger charge is 2.19. The van der Waals surface area contributed by atoms with Gasteiger partial charge in [-0.2, -0.15) is 0 Å². The minimum absolute atomic E-state index is 0.133. The predicted octanol–water partition coefficient (Wildman–Crippen LogP) is 5.14. The van der Waals surface area contributed by atoms with Gasteiger partial charge in [-0.05, 0) is 35.9 Å². The van der Waals surface area contributed by atoms with E-state index in [1.165, 1.54) is 13.2 Å². The van der Waals surface area contributed by atoms with Gasteiger partial charge >= 0.3 is 5.69 Å². The van der Waals surface area contributed by atoms with Crippen molar-refractivity contribution in [1.29, 1.82) is 0 Å². The van der Waals surface area contributed by atoms with E-state index in [1.807, 2.05) is 55.4 Å². The Kier molecular flexibility index (Phi) is 4.64. The molecule has 0 aliphatic heterocycles. The summed E-state index contributed by atoms with van der Waals surface area (Å²) >= 11 is 0. The third-order valence-corrected chi connectivity index (χ3v) is 4.72. The molecule has 3 aromatic carbocycles. The largest absolute Gasteiger partial charge is 0.490 e. The molecule has 0 amide bonds. The van der Waals surface area contributed by atoms with Gasteiger partial charge in [0.15, 0.2) is 11.3 Å². The number of hydrogen-bond donors (Lipinski definition) is 0. The Hall–Kier alpha value is -3.87. The van der Waals surface area contributed by atoms with Gasteiger partial charge in [0.05, 0.1) is 12.0 Å². The molecular formula is C22H19N3O4. The molecule has 0 N–H and O–H groups in total. The fourth-order valence-electron chi connectivity index (χ4n) is 3.22. The van der Waals surface area contributed by atoms with Crippen molar-refractivity contribution in [2.24, 2.45) is 0 Å². The lowest BCUT2D eigenvalue weighted by Crippen LogP contribution is -2.08. The molecule has 0 spiro atoms. The SMILES string of the molecule is COc1ccc(-c2nc3c(-c4cccc(N(C)C)c4)cccc3o2)cc1[N+](=O)[O-]. The highest BCUT2D eigenvalue weighted by atomic mass is 16.6. The number of para-hydroxylation sites is 1. The van der Waals surface area contributed by atoms with Gasteiger partial charge in [-0.3, -0.25) is 10.1 Å². The average molecular weight is 389 g/mol. The molecule has 7 heteroatoms. The van der Waals surface area contributed by atoms with Crippen molar-refractivity contribution in [1.82, 2.24) is 4.98 Å². The van der Waals surface area contributed by atoms with Crippen LogP contribution in [0.1, 0.15) is 0 Å². The lowest BCUT2D eigenvalue weighted by atomic mass is 10.0. The van der Waals surface area contributed by atoms with Gasteiger partial charge in [0.2, 0.25) is 5.89 Å². The van der Waals surface area contributed by atoms with E-state index in [-0.39, 0.29) is 11.4 Å². The summed E-state index contributed by atoms with van der Waals surface area (Å²) in [6.45, 7) is 0. The average Bonchev–Trinajstić information content (AvgIpc) is 3.17. The fourth-order valence-corrected chi connectivity index (χ4v) is 3.22. The highest BCUT2D eigenvalue weighted by molar-refractivity contribution is 5.92.